The van der Waals surface area contributed by atoms with E-state index in [1.165, 1.54) is 24.0 Å². The molecule has 2 atom stereocenters. The van der Waals surface area contributed by atoms with Crippen LogP contribution in [0.2, 0.25) is 0 Å². The van der Waals surface area contributed by atoms with Crippen molar-refractivity contribution in [3.8, 4) is 5.75 Å². The number of benzene rings is 1. The SMILES string of the molecule is COc1cccc([C@@]2(C)CC(=CCN)CC[C@@H]2C)c1. The number of allylic oxidation sites excluding steroid dienone is 1. The van der Waals surface area contributed by atoms with Gasteiger partial charge in [-0.3, -0.25) is 0 Å². The van der Waals surface area contributed by atoms with Gasteiger partial charge in [0.15, 0.2) is 0 Å². The van der Waals surface area contributed by atoms with Gasteiger partial charge in [-0.25, -0.2) is 0 Å². The fraction of sp³-hybridized carbons (Fsp3) is 0.529. The van der Waals surface area contributed by atoms with Crippen molar-refractivity contribution in [1.29, 1.82) is 0 Å². The molecule has 0 aromatic heterocycles. The molecular formula is C17H25NO. The molecule has 0 heterocycles. The molecule has 1 saturated carbocycles. The van der Waals surface area contributed by atoms with E-state index >= 15 is 0 Å². The zero-order valence-corrected chi connectivity index (χ0v) is 12.3. The minimum atomic E-state index is 0.188. The lowest BCUT2D eigenvalue weighted by Gasteiger charge is -2.41. The molecule has 1 aliphatic carbocycles. The number of nitrogens with two attached hydrogens (primary N) is 1. The van der Waals surface area contributed by atoms with E-state index in [-0.39, 0.29) is 5.41 Å². The Morgan fingerprint density at radius 1 is 1.47 bits per heavy atom. The van der Waals surface area contributed by atoms with Crippen molar-refractivity contribution in [2.75, 3.05) is 13.7 Å². The molecule has 2 N–H and O–H groups in total. The van der Waals surface area contributed by atoms with E-state index in [0.717, 1.165) is 12.2 Å². The summed E-state index contributed by atoms with van der Waals surface area (Å²) >= 11 is 0. The van der Waals surface area contributed by atoms with Gasteiger partial charge in [0, 0.05) is 6.54 Å². The first-order valence-corrected chi connectivity index (χ1v) is 7.12. The summed E-state index contributed by atoms with van der Waals surface area (Å²) in [4.78, 5) is 0. The van der Waals surface area contributed by atoms with Crippen molar-refractivity contribution >= 4 is 0 Å². The first-order valence-electron chi connectivity index (χ1n) is 7.12. The fourth-order valence-electron chi connectivity index (χ4n) is 3.16. The maximum Gasteiger partial charge on any atom is 0.119 e. The molecule has 0 saturated heterocycles. The van der Waals surface area contributed by atoms with Crippen LogP contribution in [0.1, 0.15) is 38.7 Å². The summed E-state index contributed by atoms with van der Waals surface area (Å²) in [6.07, 6.45) is 5.74. The van der Waals surface area contributed by atoms with Gasteiger partial charge >= 0.3 is 0 Å². The summed E-state index contributed by atoms with van der Waals surface area (Å²) in [6.45, 7) is 5.38. The Morgan fingerprint density at radius 2 is 2.26 bits per heavy atom. The minimum Gasteiger partial charge on any atom is -0.497 e. The van der Waals surface area contributed by atoms with Crippen LogP contribution in [0.3, 0.4) is 0 Å². The highest BCUT2D eigenvalue weighted by Crippen LogP contribution is 2.45. The smallest absolute Gasteiger partial charge is 0.119 e. The largest absolute Gasteiger partial charge is 0.497 e. The zero-order chi connectivity index (χ0) is 13.9. The molecule has 0 unspecified atom stereocenters. The highest BCUT2D eigenvalue weighted by atomic mass is 16.5. The van der Waals surface area contributed by atoms with Gasteiger partial charge in [-0.2, -0.15) is 0 Å². The highest BCUT2D eigenvalue weighted by Gasteiger charge is 2.37. The number of hydrogen-bond acceptors (Lipinski definition) is 2. The molecule has 0 spiro atoms. The summed E-state index contributed by atoms with van der Waals surface area (Å²) < 4.78 is 5.37. The molecule has 2 nitrogen and oxygen atoms in total. The van der Waals surface area contributed by atoms with Gasteiger partial charge in [-0.1, -0.05) is 37.6 Å². The van der Waals surface area contributed by atoms with Crippen molar-refractivity contribution in [3.63, 3.8) is 0 Å². The molecule has 0 amide bonds. The van der Waals surface area contributed by atoms with Gasteiger partial charge < -0.3 is 10.5 Å². The molecule has 1 aromatic rings. The molecule has 1 aliphatic rings. The molecule has 19 heavy (non-hydrogen) atoms. The van der Waals surface area contributed by atoms with Crippen LogP contribution in [-0.4, -0.2) is 13.7 Å². The van der Waals surface area contributed by atoms with Gasteiger partial charge in [0.25, 0.3) is 0 Å². The summed E-state index contributed by atoms with van der Waals surface area (Å²) in [5, 5.41) is 0. The van der Waals surface area contributed by atoms with Crippen LogP contribution in [0, 0.1) is 5.92 Å². The first kappa shape index (κ1) is 14.1. The summed E-state index contributed by atoms with van der Waals surface area (Å²) in [5.74, 6) is 1.62. The van der Waals surface area contributed by atoms with Crippen LogP contribution in [0.5, 0.6) is 5.75 Å². The molecule has 2 rings (SSSR count). The average molecular weight is 259 g/mol. The van der Waals surface area contributed by atoms with Crippen LogP contribution in [0.4, 0.5) is 0 Å². The Labute approximate surface area is 116 Å². The third-order valence-corrected chi connectivity index (χ3v) is 4.72. The topological polar surface area (TPSA) is 35.2 Å². The zero-order valence-electron chi connectivity index (χ0n) is 12.3. The summed E-state index contributed by atoms with van der Waals surface area (Å²) in [7, 11) is 1.73. The van der Waals surface area contributed by atoms with Crippen LogP contribution >= 0.6 is 0 Å². The van der Waals surface area contributed by atoms with Crippen molar-refractivity contribution in [3.05, 3.63) is 41.5 Å². The van der Waals surface area contributed by atoms with E-state index in [9.17, 15) is 0 Å². The molecular weight excluding hydrogens is 234 g/mol. The number of hydrogen-bond donors (Lipinski definition) is 1. The predicted molar refractivity (Wildman–Crippen MR) is 80.5 cm³/mol. The second-order valence-corrected chi connectivity index (χ2v) is 5.86. The Bertz CT molecular complexity index is 466. The van der Waals surface area contributed by atoms with Gasteiger partial charge in [0.2, 0.25) is 0 Å². The van der Waals surface area contributed by atoms with Gasteiger partial charge in [0.05, 0.1) is 7.11 Å². The maximum absolute atomic E-state index is 5.67. The second kappa shape index (κ2) is 5.79. The Hall–Kier alpha value is -1.28. The fourth-order valence-corrected chi connectivity index (χ4v) is 3.16. The standard InChI is InChI=1S/C17H25NO/c1-13-7-8-14(9-10-18)12-17(13,2)15-5-4-6-16(11-15)19-3/h4-6,9,11,13H,7-8,10,12,18H2,1-3H3/t13-,17-/m0/s1. The molecule has 1 aromatic carbocycles. The first-order chi connectivity index (χ1) is 9.10. The minimum absolute atomic E-state index is 0.188. The maximum atomic E-state index is 5.67. The average Bonchev–Trinajstić information content (AvgIpc) is 2.43. The van der Waals surface area contributed by atoms with Crippen LogP contribution < -0.4 is 10.5 Å². The van der Waals surface area contributed by atoms with Crippen molar-refractivity contribution in [2.24, 2.45) is 11.7 Å². The lowest BCUT2D eigenvalue weighted by molar-refractivity contribution is 0.259. The summed E-state index contributed by atoms with van der Waals surface area (Å²) in [6, 6.07) is 8.51. The second-order valence-electron chi connectivity index (χ2n) is 5.86. The van der Waals surface area contributed by atoms with Crippen molar-refractivity contribution < 1.29 is 4.74 Å². The van der Waals surface area contributed by atoms with Crippen molar-refractivity contribution in [2.45, 2.75) is 38.5 Å². The van der Waals surface area contributed by atoms with Crippen LogP contribution in [0.25, 0.3) is 0 Å². The lowest BCUT2D eigenvalue weighted by Crippen LogP contribution is -2.34. The van der Waals surface area contributed by atoms with E-state index in [1.54, 1.807) is 7.11 Å². The third-order valence-electron chi connectivity index (χ3n) is 4.72. The van der Waals surface area contributed by atoms with E-state index in [2.05, 4.69) is 38.1 Å². The predicted octanol–water partition coefficient (Wildman–Crippen LogP) is 3.66. The Balaban J connectivity index is 2.34. The lowest BCUT2D eigenvalue weighted by atomic mass is 9.63. The highest BCUT2D eigenvalue weighted by molar-refractivity contribution is 5.36. The molecule has 0 bridgehead atoms. The Kier molecular flexibility index (Phi) is 4.31. The summed E-state index contributed by atoms with van der Waals surface area (Å²) in [5.41, 5.74) is 8.74. The normalized spacial score (nSPS) is 29.5. The number of methoxy groups -OCH3 is 1. The van der Waals surface area contributed by atoms with Crippen molar-refractivity contribution in [1.82, 2.24) is 0 Å². The van der Waals surface area contributed by atoms with E-state index in [1.807, 2.05) is 6.07 Å². The third kappa shape index (κ3) is 2.84. The quantitative estimate of drug-likeness (QED) is 0.841. The number of rotatable bonds is 3. The van der Waals surface area contributed by atoms with Gasteiger partial charge in [0.1, 0.15) is 5.75 Å². The van der Waals surface area contributed by atoms with E-state index in [0.29, 0.717) is 12.5 Å². The molecule has 0 aliphatic heterocycles. The van der Waals surface area contributed by atoms with Crippen LogP contribution in [0.15, 0.2) is 35.9 Å². The molecule has 0 radical (unpaired) electrons. The van der Waals surface area contributed by atoms with E-state index in [4.69, 9.17) is 10.5 Å². The Morgan fingerprint density at radius 3 is 2.95 bits per heavy atom. The number of ether oxygens (including phenoxy) is 1. The molecule has 1 fully saturated rings. The molecule has 2 heteroatoms. The van der Waals surface area contributed by atoms with Gasteiger partial charge in [-0.15, -0.1) is 0 Å². The van der Waals surface area contributed by atoms with Gasteiger partial charge in [-0.05, 0) is 48.3 Å². The van der Waals surface area contributed by atoms with E-state index < -0.39 is 0 Å². The van der Waals surface area contributed by atoms with Crippen LogP contribution in [-0.2, 0) is 5.41 Å². The monoisotopic (exact) mass is 259 g/mol. The molecule has 104 valence electrons.